The SMILES string of the molecule is CC(CCl)N(C)C(=O)CCc1ccco1. The summed E-state index contributed by atoms with van der Waals surface area (Å²) < 4.78 is 5.15. The predicted molar refractivity (Wildman–Crippen MR) is 60.0 cm³/mol. The highest BCUT2D eigenvalue weighted by Crippen LogP contribution is 2.07. The summed E-state index contributed by atoms with van der Waals surface area (Å²) in [7, 11) is 1.78. The normalized spacial score (nSPS) is 12.5. The van der Waals surface area contributed by atoms with Crippen LogP contribution in [0.25, 0.3) is 0 Å². The summed E-state index contributed by atoms with van der Waals surface area (Å²) >= 11 is 5.68. The maximum Gasteiger partial charge on any atom is 0.223 e. The van der Waals surface area contributed by atoms with Gasteiger partial charge in [-0.3, -0.25) is 4.79 Å². The minimum absolute atomic E-state index is 0.0794. The van der Waals surface area contributed by atoms with Gasteiger partial charge in [0.1, 0.15) is 5.76 Å². The molecule has 4 heteroatoms. The zero-order valence-corrected chi connectivity index (χ0v) is 9.83. The Kier molecular flexibility index (Phi) is 4.69. The average molecular weight is 230 g/mol. The fraction of sp³-hybridized carbons (Fsp3) is 0.545. The summed E-state index contributed by atoms with van der Waals surface area (Å²) in [4.78, 5) is 13.3. The second kappa shape index (κ2) is 5.81. The van der Waals surface area contributed by atoms with Crippen molar-refractivity contribution >= 4 is 17.5 Å². The van der Waals surface area contributed by atoms with E-state index in [9.17, 15) is 4.79 Å². The highest BCUT2D eigenvalue weighted by atomic mass is 35.5. The summed E-state index contributed by atoms with van der Waals surface area (Å²) in [6, 6.07) is 3.78. The molecule has 84 valence electrons. The van der Waals surface area contributed by atoms with E-state index < -0.39 is 0 Å². The van der Waals surface area contributed by atoms with Crippen molar-refractivity contribution in [3.63, 3.8) is 0 Å². The Balaban J connectivity index is 2.36. The van der Waals surface area contributed by atoms with Crippen LogP contribution in [0.2, 0.25) is 0 Å². The molecule has 0 spiro atoms. The molecule has 1 aromatic heterocycles. The zero-order valence-electron chi connectivity index (χ0n) is 9.07. The molecular formula is C11H16ClNO2. The Morgan fingerprint density at radius 3 is 2.93 bits per heavy atom. The van der Waals surface area contributed by atoms with E-state index in [1.807, 2.05) is 19.1 Å². The van der Waals surface area contributed by atoms with Crippen molar-refractivity contribution in [3.8, 4) is 0 Å². The van der Waals surface area contributed by atoms with Crippen molar-refractivity contribution in [3.05, 3.63) is 24.2 Å². The topological polar surface area (TPSA) is 33.5 Å². The molecular weight excluding hydrogens is 214 g/mol. The number of nitrogens with zero attached hydrogens (tertiary/aromatic N) is 1. The molecule has 0 aliphatic rings. The number of carbonyl (C=O) groups is 1. The molecule has 15 heavy (non-hydrogen) atoms. The number of rotatable bonds is 5. The molecule has 0 bridgehead atoms. The van der Waals surface area contributed by atoms with Crippen molar-refractivity contribution < 1.29 is 9.21 Å². The molecule has 1 atom stereocenters. The zero-order chi connectivity index (χ0) is 11.3. The van der Waals surface area contributed by atoms with E-state index in [1.54, 1.807) is 18.2 Å². The molecule has 0 N–H and O–H groups in total. The van der Waals surface area contributed by atoms with Gasteiger partial charge in [0.2, 0.25) is 5.91 Å². The van der Waals surface area contributed by atoms with Crippen LogP contribution < -0.4 is 0 Å². The van der Waals surface area contributed by atoms with Gasteiger partial charge in [0, 0.05) is 31.8 Å². The summed E-state index contributed by atoms with van der Waals surface area (Å²) in [5.41, 5.74) is 0. The lowest BCUT2D eigenvalue weighted by Crippen LogP contribution is -2.36. The molecule has 1 aromatic rings. The largest absolute Gasteiger partial charge is 0.469 e. The molecule has 0 aromatic carbocycles. The van der Waals surface area contributed by atoms with Gasteiger partial charge in [-0.1, -0.05) is 0 Å². The predicted octanol–water partition coefficient (Wildman–Crippen LogP) is 2.30. The van der Waals surface area contributed by atoms with Crippen LogP contribution >= 0.6 is 11.6 Å². The van der Waals surface area contributed by atoms with E-state index >= 15 is 0 Å². The van der Waals surface area contributed by atoms with Gasteiger partial charge in [0.15, 0.2) is 0 Å². The molecule has 1 heterocycles. The number of carbonyl (C=O) groups excluding carboxylic acids is 1. The maximum atomic E-state index is 11.7. The lowest BCUT2D eigenvalue weighted by atomic mass is 10.2. The van der Waals surface area contributed by atoms with E-state index in [0.717, 1.165) is 5.76 Å². The lowest BCUT2D eigenvalue weighted by Gasteiger charge is -2.22. The molecule has 3 nitrogen and oxygen atoms in total. The third-order valence-electron chi connectivity index (χ3n) is 2.44. The van der Waals surface area contributed by atoms with Crippen LogP contribution in [0, 0.1) is 0 Å². The Labute approximate surface area is 95.0 Å². The number of halogens is 1. The molecule has 0 fully saturated rings. The number of hydrogen-bond acceptors (Lipinski definition) is 2. The van der Waals surface area contributed by atoms with Gasteiger partial charge < -0.3 is 9.32 Å². The van der Waals surface area contributed by atoms with Crippen molar-refractivity contribution in [2.75, 3.05) is 12.9 Å². The van der Waals surface area contributed by atoms with Crippen LogP contribution in [-0.4, -0.2) is 29.8 Å². The van der Waals surface area contributed by atoms with Crippen molar-refractivity contribution in [1.82, 2.24) is 4.90 Å². The van der Waals surface area contributed by atoms with E-state index in [2.05, 4.69) is 0 Å². The van der Waals surface area contributed by atoms with Crippen molar-refractivity contribution in [2.45, 2.75) is 25.8 Å². The number of aryl methyl sites for hydroxylation is 1. The second-order valence-electron chi connectivity index (χ2n) is 3.59. The van der Waals surface area contributed by atoms with Gasteiger partial charge >= 0.3 is 0 Å². The van der Waals surface area contributed by atoms with E-state index in [4.69, 9.17) is 16.0 Å². The van der Waals surface area contributed by atoms with Gasteiger partial charge in [-0.2, -0.15) is 0 Å². The van der Waals surface area contributed by atoms with Crippen LogP contribution in [0.4, 0.5) is 0 Å². The Morgan fingerprint density at radius 1 is 1.67 bits per heavy atom. The van der Waals surface area contributed by atoms with E-state index in [0.29, 0.717) is 18.7 Å². The molecule has 1 unspecified atom stereocenters. The number of furan rings is 1. The molecule has 0 radical (unpaired) electrons. The first-order chi connectivity index (χ1) is 7.15. The van der Waals surface area contributed by atoms with Crippen LogP contribution in [0.5, 0.6) is 0 Å². The standard InChI is InChI=1S/C11H16ClNO2/c1-9(8-12)13(2)11(14)6-5-10-4-3-7-15-10/h3-4,7,9H,5-6,8H2,1-2H3. The minimum atomic E-state index is 0.0794. The van der Waals surface area contributed by atoms with Crippen molar-refractivity contribution in [1.29, 1.82) is 0 Å². The summed E-state index contributed by atoms with van der Waals surface area (Å²) in [5.74, 6) is 1.40. The van der Waals surface area contributed by atoms with Gasteiger partial charge in [0.25, 0.3) is 0 Å². The second-order valence-corrected chi connectivity index (χ2v) is 3.90. The Hall–Kier alpha value is -0.960. The molecule has 0 aliphatic heterocycles. The van der Waals surface area contributed by atoms with Gasteiger partial charge in [-0.25, -0.2) is 0 Å². The van der Waals surface area contributed by atoms with Gasteiger partial charge in [0.05, 0.1) is 6.26 Å². The molecule has 0 saturated carbocycles. The molecule has 0 saturated heterocycles. The van der Waals surface area contributed by atoms with Crippen LogP contribution in [0.3, 0.4) is 0 Å². The van der Waals surface area contributed by atoms with Gasteiger partial charge in [-0.05, 0) is 19.1 Å². The highest BCUT2D eigenvalue weighted by Gasteiger charge is 2.14. The summed E-state index contributed by atoms with van der Waals surface area (Å²) in [5, 5.41) is 0. The molecule has 1 amide bonds. The fourth-order valence-corrected chi connectivity index (χ4v) is 1.42. The van der Waals surface area contributed by atoms with Crippen LogP contribution in [-0.2, 0) is 11.2 Å². The van der Waals surface area contributed by atoms with Crippen molar-refractivity contribution in [2.24, 2.45) is 0 Å². The average Bonchev–Trinajstić information content (AvgIpc) is 2.76. The first-order valence-electron chi connectivity index (χ1n) is 4.99. The summed E-state index contributed by atoms with van der Waals surface area (Å²) in [6.07, 6.45) is 2.72. The first kappa shape index (κ1) is 12.1. The van der Waals surface area contributed by atoms with Crippen LogP contribution in [0.1, 0.15) is 19.1 Å². The van der Waals surface area contributed by atoms with Crippen LogP contribution in [0.15, 0.2) is 22.8 Å². The highest BCUT2D eigenvalue weighted by molar-refractivity contribution is 6.18. The summed E-state index contributed by atoms with van der Waals surface area (Å²) in [6.45, 7) is 1.93. The third kappa shape index (κ3) is 3.59. The lowest BCUT2D eigenvalue weighted by molar-refractivity contribution is -0.131. The van der Waals surface area contributed by atoms with E-state index in [-0.39, 0.29) is 11.9 Å². The number of alkyl halides is 1. The minimum Gasteiger partial charge on any atom is -0.469 e. The first-order valence-corrected chi connectivity index (χ1v) is 5.52. The maximum absolute atomic E-state index is 11.7. The Morgan fingerprint density at radius 2 is 2.40 bits per heavy atom. The monoisotopic (exact) mass is 229 g/mol. The molecule has 1 rings (SSSR count). The third-order valence-corrected chi connectivity index (χ3v) is 2.89. The quantitative estimate of drug-likeness (QED) is 0.726. The number of hydrogen-bond donors (Lipinski definition) is 0. The molecule has 0 aliphatic carbocycles. The number of amides is 1. The fourth-order valence-electron chi connectivity index (χ4n) is 1.21. The van der Waals surface area contributed by atoms with E-state index in [1.165, 1.54) is 0 Å². The van der Waals surface area contributed by atoms with Gasteiger partial charge in [-0.15, -0.1) is 11.6 Å². The Bertz CT molecular complexity index is 298. The smallest absolute Gasteiger partial charge is 0.223 e.